The third kappa shape index (κ3) is 4.19. The van der Waals surface area contributed by atoms with Gasteiger partial charge in [-0.3, -0.25) is 4.79 Å². The summed E-state index contributed by atoms with van der Waals surface area (Å²) in [5, 5.41) is 3.78. The maximum absolute atomic E-state index is 12.4. The molecule has 2 heterocycles. The number of halogens is 1. The van der Waals surface area contributed by atoms with Gasteiger partial charge < -0.3 is 18.9 Å². The van der Waals surface area contributed by atoms with E-state index in [9.17, 15) is 4.79 Å². The number of nitrogens with one attached hydrogen (secondary N) is 1. The molecule has 152 valence electrons. The van der Waals surface area contributed by atoms with Crippen LogP contribution >= 0.6 is 15.9 Å². The number of amides is 1. The second kappa shape index (κ2) is 8.63. The van der Waals surface area contributed by atoms with Crippen LogP contribution in [0.15, 0.2) is 80.4 Å². The summed E-state index contributed by atoms with van der Waals surface area (Å²) in [6.07, 6.45) is 4.88. The van der Waals surface area contributed by atoms with Gasteiger partial charge in [-0.25, -0.2) is 0 Å². The minimum absolute atomic E-state index is 0.202. The number of furan rings is 2. The molecule has 0 aliphatic rings. The largest absolute Gasteiger partial charge is 0.496 e. The van der Waals surface area contributed by atoms with Gasteiger partial charge in [-0.05, 0) is 48.4 Å². The zero-order valence-corrected chi connectivity index (χ0v) is 18.2. The lowest BCUT2D eigenvalue weighted by molar-refractivity contribution is -0.116. The van der Waals surface area contributed by atoms with Crippen molar-refractivity contribution < 1.29 is 18.4 Å². The Morgan fingerprint density at radius 3 is 2.67 bits per heavy atom. The second-order valence-electron chi connectivity index (χ2n) is 6.83. The highest BCUT2D eigenvalue weighted by Crippen LogP contribution is 2.37. The fourth-order valence-corrected chi connectivity index (χ4v) is 3.56. The highest BCUT2D eigenvalue weighted by Gasteiger charge is 2.15. The van der Waals surface area contributed by atoms with Crippen LogP contribution in [0.25, 0.3) is 27.7 Å². The van der Waals surface area contributed by atoms with Crippen LogP contribution in [0.5, 0.6) is 5.75 Å². The van der Waals surface area contributed by atoms with E-state index < -0.39 is 0 Å². The summed E-state index contributed by atoms with van der Waals surface area (Å²) in [5.74, 6) is 1.14. The average Bonchev–Trinajstić information content (AvgIpc) is 3.41. The number of allylic oxidation sites excluding steroid dienone is 1. The maximum atomic E-state index is 12.4. The zero-order chi connectivity index (χ0) is 21.1. The number of hydrogen-bond donors (Lipinski definition) is 1. The molecule has 4 rings (SSSR count). The Balaban J connectivity index is 1.67. The van der Waals surface area contributed by atoms with Crippen molar-refractivity contribution >= 4 is 38.4 Å². The summed E-state index contributed by atoms with van der Waals surface area (Å²) in [6, 6.07) is 15.5. The molecule has 0 bridgehead atoms. The molecule has 1 amide bonds. The Morgan fingerprint density at radius 1 is 1.17 bits per heavy atom. The molecule has 0 saturated heterocycles. The van der Waals surface area contributed by atoms with Crippen LogP contribution in [0.4, 0.5) is 0 Å². The average molecular weight is 466 g/mol. The third-order valence-corrected chi connectivity index (χ3v) is 5.37. The summed E-state index contributed by atoms with van der Waals surface area (Å²) in [4.78, 5) is 12.4. The topological polar surface area (TPSA) is 64.6 Å². The molecule has 0 aliphatic carbocycles. The van der Waals surface area contributed by atoms with Gasteiger partial charge in [0.15, 0.2) is 0 Å². The monoisotopic (exact) mass is 465 g/mol. The van der Waals surface area contributed by atoms with Crippen LogP contribution in [0.3, 0.4) is 0 Å². The van der Waals surface area contributed by atoms with Crippen molar-refractivity contribution in [3.8, 4) is 16.9 Å². The van der Waals surface area contributed by atoms with Crippen molar-refractivity contribution in [3.05, 3.63) is 82.9 Å². The molecule has 0 atom stereocenters. The number of methoxy groups -OCH3 is 1. The van der Waals surface area contributed by atoms with Gasteiger partial charge in [0.05, 0.1) is 26.2 Å². The van der Waals surface area contributed by atoms with E-state index in [1.807, 2.05) is 49.4 Å². The van der Waals surface area contributed by atoms with E-state index in [1.54, 1.807) is 31.8 Å². The van der Waals surface area contributed by atoms with Gasteiger partial charge in [-0.2, -0.15) is 0 Å². The van der Waals surface area contributed by atoms with E-state index in [4.69, 9.17) is 13.6 Å². The van der Waals surface area contributed by atoms with E-state index in [0.717, 1.165) is 37.7 Å². The van der Waals surface area contributed by atoms with Crippen molar-refractivity contribution in [2.75, 3.05) is 7.11 Å². The summed E-state index contributed by atoms with van der Waals surface area (Å²) in [5.41, 5.74) is 4.37. The fourth-order valence-electron chi connectivity index (χ4n) is 3.30. The molecule has 6 heteroatoms. The first-order valence-corrected chi connectivity index (χ1v) is 10.2. The van der Waals surface area contributed by atoms with E-state index in [-0.39, 0.29) is 5.91 Å². The SMILES string of the molecule is COc1cc2occ(-c3ccc(Br)cc3)c2cc1/C(C)=C/C(=O)NCc1ccco1. The van der Waals surface area contributed by atoms with Gasteiger partial charge in [-0.15, -0.1) is 0 Å². The van der Waals surface area contributed by atoms with Crippen LogP contribution in [0, 0.1) is 0 Å². The normalized spacial score (nSPS) is 11.6. The molecule has 30 heavy (non-hydrogen) atoms. The first-order chi connectivity index (χ1) is 14.5. The standard InChI is InChI=1S/C24H20BrNO4/c1-15(10-24(27)26-13-18-4-3-9-29-18)19-11-20-21(16-5-7-17(25)8-6-16)14-30-23(20)12-22(19)28-2/h3-12,14H,13H2,1-2H3,(H,26,27)/b15-10+. The predicted molar refractivity (Wildman–Crippen MR) is 120 cm³/mol. The first-order valence-electron chi connectivity index (χ1n) is 9.39. The minimum atomic E-state index is -0.202. The molecule has 2 aromatic carbocycles. The number of rotatable bonds is 6. The quantitative estimate of drug-likeness (QED) is 0.345. The minimum Gasteiger partial charge on any atom is -0.496 e. The molecule has 0 radical (unpaired) electrons. The van der Waals surface area contributed by atoms with Gasteiger partial charge >= 0.3 is 0 Å². The molecule has 0 unspecified atom stereocenters. The number of carbonyl (C=O) groups excluding carboxylic acids is 1. The number of fused-ring (bicyclic) bond motifs is 1. The summed E-state index contributed by atoms with van der Waals surface area (Å²) in [6.45, 7) is 2.22. The van der Waals surface area contributed by atoms with Crippen molar-refractivity contribution in [2.45, 2.75) is 13.5 Å². The Kier molecular flexibility index (Phi) is 5.77. The van der Waals surface area contributed by atoms with Gasteiger partial charge in [0.25, 0.3) is 0 Å². The van der Waals surface area contributed by atoms with Gasteiger partial charge in [-0.1, -0.05) is 28.1 Å². The Bertz CT molecular complexity index is 1200. The van der Waals surface area contributed by atoms with Crippen LogP contribution < -0.4 is 10.1 Å². The molecule has 0 saturated carbocycles. The lowest BCUT2D eigenvalue weighted by Crippen LogP contribution is -2.20. The van der Waals surface area contributed by atoms with Crippen molar-refractivity contribution in [3.63, 3.8) is 0 Å². The molecule has 5 nitrogen and oxygen atoms in total. The highest BCUT2D eigenvalue weighted by molar-refractivity contribution is 9.10. The van der Waals surface area contributed by atoms with Gasteiger partial charge in [0.2, 0.25) is 5.91 Å². The molecule has 0 spiro atoms. The Labute approximate surface area is 182 Å². The lowest BCUT2D eigenvalue weighted by Gasteiger charge is -2.10. The number of carbonyl (C=O) groups is 1. The fraction of sp³-hybridized carbons (Fsp3) is 0.125. The maximum Gasteiger partial charge on any atom is 0.244 e. The van der Waals surface area contributed by atoms with E-state index in [2.05, 4.69) is 21.2 Å². The molecular formula is C24H20BrNO4. The number of benzene rings is 2. The third-order valence-electron chi connectivity index (χ3n) is 4.84. The van der Waals surface area contributed by atoms with E-state index >= 15 is 0 Å². The molecular weight excluding hydrogens is 446 g/mol. The first kappa shape index (κ1) is 20.0. The Morgan fingerprint density at radius 2 is 1.97 bits per heavy atom. The lowest BCUT2D eigenvalue weighted by atomic mass is 9.99. The Hall–Kier alpha value is -3.25. The summed E-state index contributed by atoms with van der Waals surface area (Å²) < 4.78 is 17.6. The van der Waals surface area contributed by atoms with Crippen LogP contribution in [0.2, 0.25) is 0 Å². The van der Waals surface area contributed by atoms with Crippen LogP contribution in [-0.4, -0.2) is 13.0 Å². The van der Waals surface area contributed by atoms with E-state index in [1.165, 1.54) is 0 Å². The van der Waals surface area contributed by atoms with Crippen molar-refractivity contribution in [2.24, 2.45) is 0 Å². The van der Waals surface area contributed by atoms with Crippen LogP contribution in [-0.2, 0) is 11.3 Å². The molecule has 0 fully saturated rings. The van der Waals surface area contributed by atoms with Gasteiger partial charge in [0, 0.05) is 33.1 Å². The highest BCUT2D eigenvalue weighted by atomic mass is 79.9. The van der Waals surface area contributed by atoms with Crippen molar-refractivity contribution in [1.82, 2.24) is 5.32 Å². The zero-order valence-electron chi connectivity index (χ0n) is 16.6. The van der Waals surface area contributed by atoms with Gasteiger partial charge in [0.1, 0.15) is 17.1 Å². The molecule has 4 aromatic rings. The smallest absolute Gasteiger partial charge is 0.244 e. The summed E-state index contributed by atoms with van der Waals surface area (Å²) in [7, 11) is 1.60. The molecule has 1 N–H and O–H groups in total. The van der Waals surface area contributed by atoms with Crippen molar-refractivity contribution in [1.29, 1.82) is 0 Å². The predicted octanol–water partition coefficient (Wildman–Crippen LogP) is 6.18. The second-order valence-corrected chi connectivity index (χ2v) is 7.75. The number of hydrogen-bond acceptors (Lipinski definition) is 4. The number of ether oxygens (including phenoxy) is 1. The summed E-state index contributed by atoms with van der Waals surface area (Å²) >= 11 is 3.46. The molecule has 0 aliphatic heterocycles. The van der Waals surface area contributed by atoms with E-state index in [0.29, 0.717) is 18.1 Å². The molecule has 2 aromatic heterocycles. The van der Waals surface area contributed by atoms with Crippen LogP contribution in [0.1, 0.15) is 18.2 Å².